The van der Waals surface area contributed by atoms with E-state index in [0.717, 1.165) is 22.9 Å². The molecule has 0 saturated carbocycles. The Bertz CT molecular complexity index is 714. The van der Waals surface area contributed by atoms with Gasteiger partial charge in [-0.1, -0.05) is 82.9 Å². The van der Waals surface area contributed by atoms with Crippen molar-refractivity contribution in [3.63, 3.8) is 0 Å². The zero-order chi connectivity index (χ0) is 21.4. The number of para-hydroxylation sites is 1. The minimum Gasteiger partial charge on any atom is -0.281 e. The number of hydrogen-bond acceptors (Lipinski definition) is 3. The summed E-state index contributed by atoms with van der Waals surface area (Å²) < 4.78 is 0. The lowest BCUT2D eigenvalue weighted by molar-refractivity contribution is 0.563. The van der Waals surface area contributed by atoms with Crippen LogP contribution in [0, 0.1) is 0 Å². The molecule has 0 heterocycles. The summed E-state index contributed by atoms with van der Waals surface area (Å²) in [5.74, 6) is 1.16. The lowest BCUT2D eigenvalue weighted by Gasteiger charge is -2.13. The van der Waals surface area contributed by atoms with Crippen molar-refractivity contribution in [1.82, 2.24) is 0 Å². The quantitative estimate of drug-likeness (QED) is 0.216. The molecule has 30 heavy (non-hydrogen) atoms. The largest absolute Gasteiger partial charge is 0.281 e. The van der Waals surface area contributed by atoms with Crippen molar-refractivity contribution in [1.29, 1.82) is 0 Å². The van der Waals surface area contributed by atoms with Gasteiger partial charge in [-0.25, -0.2) is 4.99 Å². The van der Waals surface area contributed by atoms with E-state index in [2.05, 4.69) is 39.0 Å². The Balaban J connectivity index is 1.77. The summed E-state index contributed by atoms with van der Waals surface area (Å²) in [5.41, 5.74) is 3.11. The van der Waals surface area contributed by atoms with E-state index < -0.39 is 0 Å². The lowest BCUT2D eigenvalue weighted by atomic mass is 10.1. The first-order chi connectivity index (χ1) is 14.7. The van der Waals surface area contributed by atoms with Crippen LogP contribution < -0.4 is 0 Å². The van der Waals surface area contributed by atoms with E-state index in [0.29, 0.717) is 6.04 Å². The summed E-state index contributed by atoms with van der Waals surface area (Å²) in [6.07, 6.45) is 20.2. The first kappa shape index (κ1) is 24.7. The summed E-state index contributed by atoms with van der Waals surface area (Å²) in [7, 11) is 0. The van der Waals surface area contributed by atoms with E-state index in [1.807, 2.05) is 42.1 Å². The van der Waals surface area contributed by atoms with Gasteiger partial charge in [-0.3, -0.25) is 4.99 Å². The molecule has 1 aliphatic rings. The fourth-order valence-corrected chi connectivity index (χ4v) is 4.54. The SMILES string of the molecule is CCCCCCCCCCCCSC1=CC(=Nc2ccccc2)C=CC1=NC(C)C. The summed E-state index contributed by atoms with van der Waals surface area (Å²) >= 11 is 1.94. The van der Waals surface area contributed by atoms with Gasteiger partial charge in [-0.05, 0) is 56.4 Å². The van der Waals surface area contributed by atoms with E-state index in [1.165, 1.54) is 69.1 Å². The number of aliphatic imine (C=N–C) groups is 2. The number of benzene rings is 1. The number of rotatable bonds is 14. The first-order valence-corrected chi connectivity index (χ1v) is 12.9. The average molecular weight is 425 g/mol. The monoisotopic (exact) mass is 424 g/mol. The second-order valence-corrected chi connectivity index (χ2v) is 9.49. The van der Waals surface area contributed by atoms with Gasteiger partial charge in [0.15, 0.2) is 0 Å². The molecule has 164 valence electrons. The summed E-state index contributed by atoms with van der Waals surface area (Å²) in [6, 6.07) is 10.5. The van der Waals surface area contributed by atoms with E-state index >= 15 is 0 Å². The maximum Gasteiger partial charge on any atom is 0.0714 e. The van der Waals surface area contributed by atoms with Gasteiger partial charge in [0, 0.05) is 10.9 Å². The van der Waals surface area contributed by atoms with Crippen LogP contribution in [0.25, 0.3) is 0 Å². The van der Waals surface area contributed by atoms with Crippen LogP contribution in [0.4, 0.5) is 5.69 Å². The molecule has 0 amide bonds. The summed E-state index contributed by atoms with van der Waals surface area (Å²) in [6.45, 7) is 6.56. The molecule has 2 nitrogen and oxygen atoms in total. The molecule has 0 N–H and O–H groups in total. The van der Waals surface area contributed by atoms with Crippen LogP contribution in [0.5, 0.6) is 0 Å². The van der Waals surface area contributed by atoms with Crippen LogP contribution >= 0.6 is 11.8 Å². The Morgan fingerprint density at radius 3 is 2.07 bits per heavy atom. The van der Waals surface area contributed by atoms with Crippen molar-refractivity contribution in [2.45, 2.75) is 91.0 Å². The fourth-order valence-electron chi connectivity index (χ4n) is 3.50. The highest BCUT2D eigenvalue weighted by Gasteiger charge is 2.12. The Morgan fingerprint density at radius 1 is 0.800 bits per heavy atom. The molecule has 1 aromatic carbocycles. The maximum atomic E-state index is 4.82. The second kappa shape index (κ2) is 15.2. The highest BCUT2D eigenvalue weighted by molar-refractivity contribution is 8.04. The minimum atomic E-state index is 0.304. The van der Waals surface area contributed by atoms with Crippen molar-refractivity contribution in [3.8, 4) is 0 Å². The molecule has 3 heteroatoms. The number of thioether (sulfide) groups is 1. The van der Waals surface area contributed by atoms with Crippen LogP contribution in [0.1, 0.15) is 85.0 Å². The molecule has 0 bridgehead atoms. The molecular weight excluding hydrogens is 384 g/mol. The van der Waals surface area contributed by atoms with Gasteiger partial charge in [-0.15, -0.1) is 11.8 Å². The van der Waals surface area contributed by atoms with E-state index in [-0.39, 0.29) is 0 Å². The smallest absolute Gasteiger partial charge is 0.0714 e. The van der Waals surface area contributed by atoms with Crippen molar-refractivity contribution in [2.24, 2.45) is 9.98 Å². The van der Waals surface area contributed by atoms with Gasteiger partial charge < -0.3 is 0 Å². The van der Waals surface area contributed by atoms with Crippen LogP contribution in [-0.2, 0) is 0 Å². The van der Waals surface area contributed by atoms with E-state index in [9.17, 15) is 0 Å². The highest BCUT2D eigenvalue weighted by atomic mass is 32.2. The van der Waals surface area contributed by atoms with Crippen molar-refractivity contribution in [3.05, 3.63) is 53.5 Å². The number of unbranched alkanes of at least 4 members (excludes halogenated alkanes) is 9. The topological polar surface area (TPSA) is 24.7 Å². The Hall–Kier alpha value is -1.61. The zero-order valence-electron chi connectivity index (χ0n) is 19.3. The Kier molecular flexibility index (Phi) is 12.5. The molecule has 2 rings (SSSR count). The molecular formula is C27H40N2S. The zero-order valence-corrected chi connectivity index (χ0v) is 20.1. The van der Waals surface area contributed by atoms with Gasteiger partial charge in [0.1, 0.15) is 0 Å². The maximum absolute atomic E-state index is 4.82. The summed E-state index contributed by atoms with van der Waals surface area (Å²) in [5, 5.41) is 0. The molecule has 0 unspecified atom stereocenters. The standard InChI is InChI=1S/C27H40N2S/c1-4-5-6-7-8-9-10-11-12-16-21-30-27-22-25(19-20-26(27)28-23(2)3)29-24-17-14-13-15-18-24/h13-15,17-20,22-23H,4-12,16,21H2,1-3H3. The third kappa shape index (κ3) is 10.4. The minimum absolute atomic E-state index is 0.304. The second-order valence-electron chi connectivity index (χ2n) is 8.35. The molecule has 0 spiro atoms. The number of allylic oxidation sites excluding steroid dienone is 4. The fraction of sp³-hybridized carbons (Fsp3) is 0.556. The van der Waals surface area contributed by atoms with E-state index in [4.69, 9.17) is 9.98 Å². The molecule has 0 fully saturated rings. The normalized spacial score (nSPS) is 16.6. The number of nitrogens with zero attached hydrogens (tertiary/aromatic N) is 2. The molecule has 0 aromatic heterocycles. The third-order valence-corrected chi connectivity index (χ3v) is 6.24. The van der Waals surface area contributed by atoms with Gasteiger partial charge in [-0.2, -0.15) is 0 Å². The molecule has 1 aliphatic carbocycles. The van der Waals surface area contributed by atoms with Gasteiger partial charge in [0.2, 0.25) is 0 Å². The van der Waals surface area contributed by atoms with Crippen LogP contribution in [-0.4, -0.2) is 23.2 Å². The van der Waals surface area contributed by atoms with Gasteiger partial charge >= 0.3 is 0 Å². The van der Waals surface area contributed by atoms with Crippen LogP contribution in [0.2, 0.25) is 0 Å². The Morgan fingerprint density at radius 2 is 1.43 bits per heavy atom. The summed E-state index contributed by atoms with van der Waals surface area (Å²) in [4.78, 5) is 10.8. The van der Waals surface area contributed by atoms with Crippen molar-refractivity contribution in [2.75, 3.05) is 5.75 Å². The molecule has 0 atom stereocenters. The Labute approximate surface area is 189 Å². The van der Waals surface area contributed by atoms with Crippen molar-refractivity contribution >= 4 is 28.9 Å². The number of hydrogen-bond donors (Lipinski definition) is 0. The van der Waals surface area contributed by atoms with E-state index in [1.54, 1.807) is 0 Å². The molecule has 1 aromatic rings. The lowest BCUT2D eigenvalue weighted by Crippen LogP contribution is -2.09. The van der Waals surface area contributed by atoms with Crippen molar-refractivity contribution < 1.29 is 0 Å². The first-order valence-electron chi connectivity index (χ1n) is 11.9. The van der Waals surface area contributed by atoms with Gasteiger partial charge in [0.25, 0.3) is 0 Å². The van der Waals surface area contributed by atoms with Gasteiger partial charge in [0.05, 0.1) is 17.1 Å². The average Bonchev–Trinajstić information content (AvgIpc) is 2.74. The predicted molar refractivity (Wildman–Crippen MR) is 138 cm³/mol. The third-order valence-electron chi connectivity index (χ3n) is 5.11. The van der Waals surface area contributed by atoms with Crippen LogP contribution in [0.15, 0.2) is 63.4 Å². The van der Waals surface area contributed by atoms with Crippen LogP contribution in [0.3, 0.4) is 0 Å². The highest BCUT2D eigenvalue weighted by Crippen LogP contribution is 2.25. The molecule has 0 aliphatic heterocycles. The predicted octanol–water partition coefficient (Wildman–Crippen LogP) is 8.72. The molecule has 0 radical (unpaired) electrons. The molecule has 0 saturated heterocycles.